The van der Waals surface area contributed by atoms with Crippen LogP contribution < -0.4 is 10.6 Å². The first-order valence-electron chi connectivity index (χ1n) is 3.39. The highest BCUT2D eigenvalue weighted by atomic mass is 15.2. The Morgan fingerprint density at radius 3 is 1.57 bits per heavy atom. The Morgan fingerprint density at radius 1 is 0.857 bits per heavy atom. The molecule has 0 spiro atoms. The molecule has 64 valence electrons. The molecule has 0 atom stereocenters. The van der Waals surface area contributed by atoms with Crippen molar-refractivity contribution in [1.82, 2.24) is 10.6 Å². The van der Waals surface area contributed by atoms with E-state index in [-0.39, 0.29) is 22.8 Å². The summed E-state index contributed by atoms with van der Waals surface area (Å²) < 4.78 is 0. The van der Waals surface area contributed by atoms with Crippen LogP contribution in [0.3, 0.4) is 0 Å². The second-order valence-corrected chi connectivity index (χ2v) is 2.20. The lowest BCUT2D eigenvalue weighted by Gasteiger charge is -1.97. The molecule has 6 heteroatoms. The largest absolute Gasteiger partial charge is 0.329 e. The van der Waals surface area contributed by atoms with Crippen molar-refractivity contribution in [3.8, 4) is 24.3 Å². The predicted octanol–water partition coefficient (Wildman–Crippen LogP) is -0.303. The molecule has 0 saturated heterocycles. The fourth-order valence-electron chi connectivity index (χ4n) is 0.836. The van der Waals surface area contributed by atoms with Gasteiger partial charge >= 0.3 is 0 Å². The van der Waals surface area contributed by atoms with Gasteiger partial charge in [0.25, 0.3) is 0 Å². The highest BCUT2D eigenvalue weighted by Gasteiger charge is 2.20. The third-order valence-electron chi connectivity index (χ3n) is 1.45. The summed E-state index contributed by atoms with van der Waals surface area (Å²) in [6.07, 6.45) is 0. The van der Waals surface area contributed by atoms with Gasteiger partial charge in [-0.05, 0) is 0 Å². The molecule has 1 aliphatic heterocycles. The lowest BCUT2D eigenvalue weighted by atomic mass is 10.3. The van der Waals surface area contributed by atoms with Crippen molar-refractivity contribution in [1.29, 1.82) is 21.0 Å². The second-order valence-electron chi connectivity index (χ2n) is 2.20. The topological polar surface area (TPSA) is 119 Å². The summed E-state index contributed by atoms with van der Waals surface area (Å²) in [5.74, 6) is 0.0723. The first kappa shape index (κ1) is 9.13. The van der Waals surface area contributed by atoms with Gasteiger partial charge in [0.15, 0.2) is 17.0 Å². The molecule has 0 bridgehead atoms. The molecule has 0 radical (unpaired) electrons. The van der Waals surface area contributed by atoms with Crippen molar-refractivity contribution in [2.75, 3.05) is 0 Å². The molecular formula is C8H2N6. The van der Waals surface area contributed by atoms with Crippen LogP contribution in [0.4, 0.5) is 0 Å². The molecule has 2 N–H and O–H groups in total. The zero-order valence-corrected chi connectivity index (χ0v) is 6.79. The van der Waals surface area contributed by atoms with E-state index in [1.54, 1.807) is 24.3 Å². The molecule has 1 aliphatic rings. The lowest BCUT2D eigenvalue weighted by Crippen LogP contribution is -2.15. The standard InChI is InChI=1S/C8H2N6/c9-1-5(2-10)8-13-6(3-11)7(4-12)14-8/h13-14H. The molecule has 14 heavy (non-hydrogen) atoms. The number of nitriles is 4. The van der Waals surface area contributed by atoms with Crippen LogP contribution >= 0.6 is 0 Å². The number of nitrogens with one attached hydrogen (secondary N) is 2. The second kappa shape index (κ2) is 3.63. The Balaban J connectivity index is 3.11. The normalized spacial score (nSPS) is 12.7. The van der Waals surface area contributed by atoms with Crippen LogP contribution in [0.15, 0.2) is 22.8 Å². The SMILES string of the molecule is N#CC(C#N)=C1NC(C#N)=C(C#N)N1. The Bertz CT molecular complexity index is 452. The number of hydrogen-bond donors (Lipinski definition) is 2. The van der Waals surface area contributed by atoms with Gasteiger partial charge in [-0.15, -0.1) is 0 Å². The molecule has 0 aromatic heterocycles. The molecule has 0 amide bonds. The molecule has 0 aromatic carbocycles. The van der Waals surface area contributed by atoms with Crippen molar-refractivity contribution in [3.05, 3.63) is 22.8 Å². The van der Waals surface area contributed by atoms with Gasteiger partial charge in [0.05, 0.1) is 0 Å². The Kier molecular flexibility index (Phi) is 2.37. The monoisotopic (exact) mass is 182 g/mol. The lowest BCUT2D eigenvalue weighted by molar-refractivity contribution is 0.949. The minimum Gasteiger partial charge on any atom is -0.329 e. The van der Waals surface area contributed by atoms with Crippen LogP contribution in [0.25, 0.3) is 0 Å². The van der Waals surface area contributed by atoms with E-state index < -0.39 is 0 Å². The summed E-state index contributed by atoms with van der Waals surface area (Å²) >= 11 is 0. The Labute approximate surface area is 79.6 Å². The van der Waals surface area contributed by atoms with Gasteiger partial charge < -0.3 is 10.6 Å². The van der Waals surface area contributed by atoms with Crippen molar-refractivity contribution in [3.63, 3.8) is 0 Å². The fourth-order valence-corrected chi connectivity index (χ4v) is 0.836. The van der Waals surface area contributed by atoms with E-state index in [1.807, 2.05) is 0 Å². The number of nitrogens with zero attached hydrogens (tertiary/aromatic N) is 4. The third kappa shape index (κ3) is 1.32. The van der Waals surface area contributed by atoms with E-state index in [2.05, 4.69) is 10.6 Å². The fraction of sp³-hybridized carbons (Fsp3) is 0. The van der Waals surface area contributed by atoms with Crippen molar-refractivity contribution in [2.45, 2.75) is 0 Å². The predicted molar refractivity (Wildman–Crippen MR) is 42.8 cm³/mol. The summed E-state index contributed by atoms with van der Waals surface area (Å²) in [4.78, 5) is 0. The van der Waals surface area contributed by atoms with Crippen LogP contribution in [-0.2, 0) is 0 Å². The molecule has 1 rings (SSSR count). The zero-order chi connectivity index (χ0) is 10.6. The van der Waals surface area contributed by atoms with Gasteiger partial charge in [-0.1, -0.05) is 0 Å². The van der Waals surface area contributed by atoms with Gasteiger partial charge in [0, 0.05) is 0 Å². The quantitative estimate of drug-likeness (QED) is 0.496. The molecule has 0 fully saturated rings. The molecule has 0 aromatic rings. The molecular weight excluding hydrogens is 180 g/mol. The number of allylic oxidation sites excluding steroid dienone is 3. The highest BCUT2D eigenvalue weighted by Crippen LogP contribution is 2.11. The van der Waals surface area contributed by atoms with Crippen LogP contribution in [0, 0.1) is 45.3 Å². The third-order valence-corrected chi connectivity index (χ3v) is 1.45. The van der Waals surface area contributed by atoms with Gasteiger partial charge in [-0.25, -0.2) is 0 Å². The van der Waals surface area contributed by atoms with Crippen molar-refractivity contribution in [2.24, 2.45) is 0 Å². The smallest absolute Gasteiger partial charge is 0.170 e. The maximum absolute atomic E-state index is 8.56. The van der Waals surface area contributed by atoms with E-state index in [9.17, 15) is 0 Å². The van der Waals surface area contributed by atoms with Crippen molar-refractivity contribution >= 4 is 0 Å². The van der Waals surface area contributed by atoms with Gasteiger partial charge in [-0.2, -0.15) is 21.0 Å². The van der Waals surface area contributed by atoms with Gasteiger partial charge in [0.2, 0.25) is 0 Å². The van der Waals surface area contributed by atoms with E-state index in [4.69, 9.17) is 21.0 Å². The highest BCUT2D eigenvalue weighted by molar-refractivity contribution is 5.49. The summed E-state index contributed by atoms with van der Waals surface area (Å²) in [6.45, 7) is 0. The Hall–Kier alpha value is -2.96. The van der Waals surface area contributed by atoms with Gasteiger partial charge in [-0.3, -0.25) is 0 Å². The summed E-state index contributed by atoms with van der Waals surface area (Å²) in [5.41, 5.74) is -0.195. The Morgan fingerprint density at radius 2 is 1.29 bits per heavy atom. The van der Waals surface area contributed by atoms with Crippen LogP contribution in [0.1, 0.15) is 0 Å². The first-order valence-corrected chi connectivity index (χ1v) is 3.39. The number of rotatable bonds is 0. The van der Waals surface area contributed by atoms with E-state index in [1.165, 1.54) is 0 Å². The molecule has 0 aliphatic carbocycles. The van der Waals surface area contributed by atoms with Crippen molar-refractivity contribution < 1.29 is 0 Å². The van der Waals surface area contributed by atoms with Crippen LogP contribution in [0.2, 0.25) is 0 Å². The summed E-state index contributed by atoms with van der Waals surface area (Å²) in [6, 6.07) is 6.72. The minimum absolute atomic E-state index is 0.00509. The maximum atomic E-state index is 8.56. The van der Waals surface area contributed by atoms with Crippen LogP contribution in [0.5, 0.6) is 0 Å². The van der Waals surface area contributed by atoms with E-state index in [0.717, 1.165) is 0 Å². The van der Waals surface area contributed by atoms with Crippen LogP contribution in [-0.4, -0.2) is 0 Å². The minimum atomic E-state index is -0.206. The average molecular weight is 182 g/mol. The molecule has 6 nitrogen and oxygen atoms in total. The maximum Gasteiger partial charge on any atom is 0.170 e. The zero-order valence-electron chi connectivity index (χ0n) is 6.79. The summed E-state index contributed by atoms with van der Waals surface area (Å²) in [5, 5.41) is 39.1. The van der Waals surface area contributed by atoms with Gasteiger partial charge in [0.1, 0.15) is 30.1 Å². The average Bonchev–Trinajstić information content (AvgIpc) is 2.63. The first-order chi connectivity index (χ1) is 6.76. The molecule has 0 saturated carbocycles. The molecule has 0 unspecified atom stereocenters. The summed E-state index contributed by atoms with van der Waals surface area (Å²) in [7, 11) is 0. The van der Waals surface area contributed by atoms with E-state index >= 15 is 0 Å². The van der Waals surface area contributed by atoms with E-state index in [0.29, 0.717) is 0 Å². The number of hydrogen-bond acceptors (Lipinski definition) is 6. The molecule has 1 heterocycles.